The number of carbonyl (C=O) groups excluding carboxylic acids is 2. The van der Waals surface area contributed by atoms with E-state index in [1.165, 1.54) is 4.90 Å². The lowest BCUT2D eigenvalue weighted by atomic mass is 9.97. The minimum Gasteiger partial charge on any atom is -0.496 e. The Morgan fingerprint density at radius 1 is 0.853 bits per heavy atom. The normalized spacial score (nSPS) is 16.6. The van der Waals surface area contributed by atoms with Crippen LogP contribution in [0.4, 0.5) is 4.79 Å². The van der Waals surface area contributed by atoms with Gasteiger partial charge in [0.15, 0.2) is 5.78 Å². The molecule has 2 aromatic carbocycles. The molecule has 1 amide bonds. The highest BCUT2D eigenvalue weighted by Crippen LogP contribution is 2.22. The van der Waals surface area contributed by atoms with Crippen LogP contribution in [0.25, 0.3) is 12.2 Å². The van der Waals surface area contributed by atoms with Gasteiger partial charge in [0.1, 0.15) is 11.5 Å². The van der Waals surface area contributed by atoms with Crippen molar-refractivity contribution < 1.29 is 23.8 Å². The average Bonchev–Trinajstić information content (AvgIpc) is 2.86. The van der Waals surface area contributed by atoms with Crippen LogP contribution < -0.4 is 9.47 Å². The van der Waals surface area contributed by atoms with E-state index in [1.54, 1.807) is 45.4 Å². The summed E-state index contributed by atoms with van der Waals surface area (Å²) >= 11 is 0. The molecule has 0 atom stereocenters. The fourth-order valence-corrected chi connectivity index (χ4v) is 3.56. The molecular formula is C28H29NO5. The predicted molar refractivity (Wildman–Crippen MR) is 134 cm³/mol. The van der Waals surface area contributed by atoms with Crippen LogP contribution in [0.5, 0.6) is 11.5 Å². The molecule has 3 rings (SSSR count). The third kappa shape index (κ3) is 6.25. The molecule has 0 saturated carbocycles. The van der Waals surface area contributed by atoms with E-state index in [2.05, 4.69) is 0 Å². The number of piperidine rings is 1. The van der Waals surface area contributed by atoms with Crippen molar-refractivity contribution in [3.05, 3.63) is 95.1 Å². The van der Waals surface area contributed by atoms with Gasteiger partial charge in [-0.25, -0.2) is 4.79 Å². The van der Waals surface area contributed by atoms with Gasteiger partial charge < -0.3 is 14.2 Å². The first-order valence-corrected chi connectivity index (χ1v) is 11.0. The second-order valence-electron chi connectivity index (χ2n) is 7.47. The second kappa shape index (κ2) is 12.3. The summed E-state index contributed by atoms with van der Waals surface area (Å²) in [6.07, 6.45) is 10.3. The Morgan fingerprint density at radius 3 is 1.76 bits per heavy atom. The SMILES string of the molecule is CCOC(=O)N1C/C(=C\C=C\c2ccccc2OC)C(=O)/C(=C/C=C/c2ccccc2OC)C1. The van der Waals surface area contributed by atoms with Gasteiger partial charge in [-0.2, -0.15) is 0 Å². The Hall–Kier alpha value is -4.06. The molecule has 2 aromatic rings. The van der Waals surface area contributed by atoms with Gasteiger partial charge in [0.25, 0.3) is 0 Å². The molecule has 1 aliphatic rings. The van der Waals surface area contributed by atoms with E-state index in [0.29, 0.717) is 11.1 Å². The van der Waals surface area contributed by atoms with Crippen LogP contribution in [0.1, 0.15) is 18.1 Å². The van der Waals surface area contributed by atoms with Crippen LogP contribution in [-0.4, -0.2) is 50.7 Å². The number of para-hydroxylation sites is 2. The van der Waals surface area contributed by atoms with E-state index in [0.717, 1.165) is 22.6 Å². The summed E-state index contributed by atoms with van der Waals surface area (Å²) in [7, 11) is 3.23. The average molecular weight is 460 g/mol. The molecular weight excluding hydrogens is 430 g/mol. The summed E-state index contributed by atoms with van der Waals surface area (Å²) in [5, 5.41) is 0. The molecule has 1 fully saturated rings. The summed E-state index contributed by atoms with van der Waals surface area (Å²) in [5.41, 5.74) is 2.79. The topological polar surface area (TPSA) is 65.1 Å². The number of nitrogens with zero attached hydrogens (tertiary/aromatic N) is 1. The first-order chi connectivity index (χ1) is 16.6. The minimum absolute atomic E-state index is 0.102. The van der Waals surface area contributed by atoms with Gasteiger partial charge in [-0.1, -0.05) is 72.9 Å². The van der Waals surface area contributed by atoms with Crippen molar-refractivity contribution in [1.29, 1.82) is 0 Å². The van der Waals surface area contributed by atoms with E-state index in [4.69, 9.17) is 14.2 Å². The van der Waals surface area contributed by atoms with Gasteiger partial charge in [-0.15, -0.1) is 0 Å². The Bertz CT molecular complexity index is 1060. The van der Waals surface area contributed by atoms with Gasteiger partial charge in [-0.05, 0) is 19.1 Å². The number of ether oxygens (including phenoxy) is 3. The first kappa shape index (κ1) is 24.6. The summed E-state index contributed by atoms with van der Waals surface area (Å²) in [4.78, 5) is 27.1. The first-order valence-electron chi connectivity index (χ1n) is 11.0. The number of rotatable bonds is 7. The molecule has 6 heteroatoms. The molecule has 0 aromatic heterocycles. The van der Waals surface area contributed by atoms with Crippen LogP contribution >= 0.6 is 0 Å². The maximum absolute atomic E-state index is 13.1. The van der Waals surface area contributed by atoms with Crippen LogP contribution in [-0.2, 0) is 9.53 Å². The quantitative estimate of drug-likeness (QED) is 0.524. The number of hydrogen-bond donors (Lipinski definition) is 0. The third-order valence-electron chi connectivity index (χ3n) is 5.26. The number of allylic oxidation sites excluding steroid dienone is 4. The van der Waals surface area contributed by atoms with Gasteiger partial charge in [-0.3, -0.25) is 9.69 Å². The number of ketones is 1. The van der Waals surface area contributed by atoms with Crippen LogP contribution in [0.2, 0.25) is 0 Å². The monoisotopic (exact) mass is 459 g/mol. The lowest BCUT2D eigenvalue weighted by Crippen LogP contribution is -2.42. The fourth-order valence-electron chi connectivity index (χ4n) is 3.56. The van der Waals surface area contributed by atoms with Crippen LogP contribution in [0.15, 0.2) is 84.0 Å². The zero-order chi connectivity index (χ0) is 24.3. The molecule has 0 N–H and O–H groups in total. The van der Waals surface area contributed by atoms with Crippen molar-refractivity contribution in [2.24, 2.45) is 0 Å². The van der Waals surface area contributed by atoms with Crippen molar-refractivity contribution >= 4 is 24.0 Å². The van der Waals surface area contributed by atoms with Gasteiger partial charge in [0, 0.05) is 22.3 Å². The lowest BCUT2D eigenvalue weighted by Gasteiger charge is -2.28. The van der Waals surface area contributed by atoms with E-state index < -0.39 is 6.09 Å². The number of amides is 1. The van der Waals surface area contributed by atoms with E-state index in [9.17, 15) is 9.59 Å². The number of benzene rings is 2. The highest BCUT2D eigenvalue weighted by molar-refractivity contribution is 6.10. The molecule has 0 bridgehead atoms. The summed E-state index contributed by atoms with van der Waals surface area (Å²) in [6, 6.07) is 15.2. The van der Waals surface area contributed by atoms with Crippen molar-refractivity contribution in [1.82, 2.24) is 4.90 Å². The Balaban J connectivity index is 1.87. The number of carbonyl (C=O) groups is 2. The highest BCUT2D eigenvalue weighted by Gasteiger charge is 2.29. The summed E-state index contributed by atoms with van der Waals surface area (Å²) < 4.78 is 15.9. The number of methoxy groups -OCH3 is 2. The van der Waals surface area contributed by atoms with Crippen molar-refractivity contribution in [3.8, 4) is 11.5 Å². The van der Waals surface area contributed by atoms with E-state index in [1.807, 2.05) is 60.7 Å². The van der Waals surface area contributed by atoms with Gasteiger partial charge in [0.05, 0.1) is 33.9 Å². The van der Waals surface area contributed by atoms with Crippen molar-refractivity contribution in [3.63, 3.8) is 0 Å². The maximum atomic E-state index is 13.1. The number of hydrogen-bond acceptors (Lipinski definition) is 5. The molecule has 1 heterocycles. The predicted octanol–water partition coefficient (Wildman–Crippen LogP) is 5.32. The molecule has 0 aliphatic carbocycles. The molecule has 0 spiro atoms. The van der Waals surface area contributed by atoms with Crippen LogP contribution in [0.3, 0.4) is 0 Å². The smallest absolute Gasteiger partial charge is 0.410 e. The molecule has 1 saturated heterocycles. The Kier molecular flexibility index (Phi) is 8.86. The van der Waals surface area contributed by atoms with Gasteiger partial charge >= 0.3 is 6.09 Å². The maximum Gasteiger partial charge on any atom is 0.410 e. The molecule has 176 valence electrons. The molecule has 0 unspecified atom stereocenters. The lowest BCUT2D eigenvalue weighted by molar-refractivity contribution is -0.113. The highest BCUT2D eigenvalue weighted by atomic mass is 16.6. The number of Topliss-reactive ketones (excluding diaryl/α,β-unsaturated/α-hetero) is 1. The fraction of sp³-hybridized carbons (Fsp3) is 0.214. The molecule has 34 heavy (non-hydrogen) atoms. The van der Waals surface area contributed by atoms with Crippen molar-refractivity contribution in [2.45, 2.75) is 6.92 Å². The summed E-state index contributed by atoms with van der Waals surface area (Å²) in [5.74, 6) is 1.37. The zero-order valence-electron chi connectivity index (χ0n) is 19.7. The number of likely N-dealkylation sites (tertiary alicyclic amines) is 1. The molecule has 0 radical (unpaired) electrons. The van der Waals surface area contributed by atoms with E-state index >= 15 is 0 Å². The molecule has 6 nitrogen and oxygen atoms in total. The van der Waals surface area contributed by atoms with Gasteiger partial charge in [0.2, 0.25) is 0 Å². The van der Waals surface area contributed by atoms with E-state index in [-0.39, 0.29) is 25.5 Å². The zero-order valence-corrected chi connectivity index (χ0v) is 19.7. The molecule has 1 aliphatic heterocycles. The van der Waals surface area contributed by atoms with Crippen LogP contribution in [0, 0.1) is 0 Å². The Labute approximate surface area is 200 Å². The third-order valence-corrected chi connectivity index (χ3v) is 5.26. The summed E-state index contributed by atoms with van der Waals surface area (Å²) in [6.45, 7) is 2.39. The minimum atomic E-state index is -0.450. The Morgan fingerprint density at radius 2 is 1.32 bits per heavy atom. The van der Waals surface area contributed by atoms with Crippen molar-refractivity contribution in [2.75, 3.05) is 33.9 Å². The standard InChI is InChI=1S/C28H29NO5/c1-4-34-28(31)29-19-23(15-9-13-21-11-5-7-17-25(21)32-2)27(30)24(20-29)16-10-14-22-12-6-8-18-26(22)33-3/h5-18H,4,19-20H2,1-3H3/b13-9+,14-10+,23-15+,24-16+. The largest absolute Gasteiger partial charge is 0.496 e. The second-order valence-corrected chi connectivity index (χ2v) is 7.47.